The molecular weight excluding hydrogens is 591 g/mol. The van der Waals surface area contributed by atoms with Crippen molar-refractivity contribution in [2.24, 2.45) is 16.5 Å². The van der Waals surface area contributed by atoms with Crippen LogP contribution >= 0.6 is 22.6 Å². The zero-order chi connectivity index (χ0) is 27.1. The molecule has 1 saturated heterocycles. The molecule has 38 heavy (non-hydrogen) atoms. The zero-order valence-corrected chi connectivity index (χ0v) is 23.8. The van der Waals surface area contributed by atoms with Crippen molar-refractivity contribution in [3.05, 3.63) is 80.9 Å². The van der Waals surface area contributed by atoms with Crippen LogP contribution in [0.4, 0.5) is 0 Å². The molecule has 1 aliphatic heterocycles. The van der Waals surface area contributed by atoms with E-state index in [-0.39, 0.29) is 29.9 Å². The van der Waals surface area contributed by atoms with Crippen LogP contribution in [0.3, 0.4) is 0 Å². The lowest BCUT2D eigenvalue weighted by atomic mass is 10.1. The van der Waals surface area contributed by atoms with Crippen molar-refractivity contribution in [2.45, 2.75) is 44.8 Å². The summed E-state index contributed by atoms with van der Waals surface area (Å²) in [5.41, 5.74) is 13.8. The average molecular weight is 627 g/mol. The van der Waals surface area contributed by atoms with E-state index in [9.17, 15) is 9.59 Å². The van der Waals surface area contributed by atoms with Gasteiger partial charge >= 0.3 is 0 Å². The lowest BCUT2D eigenvalue weighted by Gasteiger charge is -2.25. The molecule has 2 amide bonds. The average Bonchev–Trinajstić information content (AvgIpc) is 3.03. The Kier molecular flexibility index (Phi) is 9.57. The molecule has 1 aliphatic rings. The van der Waals surface area contributed by atoms with Gasteiger partial charge in [-0.25, -0.2) is 0 Å². The quantitative estimate of drug-likeness (QED) is 0.126. The minimum Gasteiger partial charge on any atom is -0.370 e. The highest BCUT2D eigenvalue weighted by molar-refractivity contribution is 14.1. The first-order chi connectivity index (χ1) is 18.3. The number of carbonyl (C=O) groups is 2. The molecule has 0 aliphatic carbocycles. The van der Waals surface area contributed by atoms with Gasteiger partial charge in [0.25, 0.3) is 5.91 Å². The molecule has 6 N–H and O–H groups in total. The standard InChI is InChI=1S/C29H35IN6O2/c1-19-13-20(15-24(30)14-19)18-36-12-10-25(35-26(28(36)38)7-4-11-33-29(31)32)17-34-27(37)23-9-8-21-5-2-3-6-22(21)16-23/h2-3,5-6,8-9,13-16,25-26,35H,4,7,10-12,17-18H2,1H3,(H,34,37)(H4,31,32,33)/t25-,26-/m0/s1. The van der Waals surface area contributed by atoms with Crippen molar-refractivity contribution < 1.29 is 9.59 Å². The first-order valence-corrected chi connectivity index (χ1v) is 14.0. The van der Waals surface area contributed by atoms with Gasteiger partial charge in [-0.15, -0.1) is 0 Å². The number of fused-ring (bicyclic) bond motifs is 1. The van der Waals surface area contributed by atoms with Crippen LogP contribution in [0.2, 0.25) is 0 Å². The molecule has 0 radical (unpaired) electrons. The van der Waals surface area contributed by atoms with E-state index < -0.39 is 0 Å². The monoisotopic (exact) mass is 626 g/mol. The minimum atomic E-state index is -0.377. The highest BCUT2D eigenvalue weighted by atomic mass is 127. The van der Waals surface area contributed by atoms with Crippen LogP contribution in [0.25, 0.3) is 10.8 Å². The van der Waals surface area contributed by atoms with Crippen molar-refractivity contribution in [1.29, 1.82) is 0 Å². The number of hydrogen-bond donors (Lipinski definition) is 4. The molecule has 0 bridgehead atoms. The molecule has 1 fully saturated rings. The van der Waals surface area contributed by atoms with Crippen molar-refractivity contribution in [3.8, 4) is 0 Å². The zero-order valence-electron chi connectivity index (χ0n) is 21.6. The van der Waals surface area contributed by atoms with E-state index in [1.54, 1.807) is 0 Å². The number of nitrogens with zero attached hydrogens (tertiary/aromatic N) is 2. The van der Waals surface area contributed by atoms with E-state index in [1.807, 2.05) is 47.4 Å². The smallest absolute Gasteiger partial charge is 0.251 e. The fourth-order valence-corrected chi connectivity index (χ4v) is 5.77. The maximum Gasteiger partial charge on any atom is 0.251 e. The molecule has 9 heteroatoms. The van der Waals surface area contributed by atoms with Crippen molar-refractivity contribution >= 4 is 51.1 Å². The number of rotatable bonds is 9. The summed E-state index contributed by atoms with van der Waals surface area (Å²) in [4.78, 5) is 32.5. The Morgan fingerprint density at radius 1 is 1.13 bits per heavy atom. The summed E-state index contributed by atoms with van der Waals surface area (Å²) in [5.74, 6) is -0.00620. The van der Waals surface area contributed by atoms with E-state index in [0.717, 1.165) is 26.3 Å². The summed E-state index contributed by atoms with van der Waals surface area (Å²) in [5, 5.41) is 8.71. The Hall–Kier alpha value is -3.18. The maximum absolute atomic E-state index is 13.6. The van der Waals surface area contributed by atoms with Gasteiger partial charge in [-0.3, -0.25) is 14.6 Å². The molecule has 3 aromatic rings. The van der Waals surface area contributed by atoms with Gasteiger partial charge in [0.15, 0.2) is 5.96 Å². The predicted molar refractivity (Wildman–Crippen MR) is 161 cm³/mol. The van der Waals surface area contributed by atoms with Crippen LogP contribution in [0.5, 0.6) is 0 Å². The van der Waals surface area contributed by atoms with Gasteiger partial charge in [0.1, 0.15) is 0 Å². The summed E-state index contributed by atoms with van der Waals surface area (Å²) < 4.78 is 1.15. The van der Waals surface area contributed by atoms with Crippen LogP contribution in [0.1, 0.15) is 40.7 Å². The lowest BCUT2D eigenvalue weighted by Crippen LogP contribution is -2.48. The second kappa shape index (κ2) is 13.1. The Bertz CT molecular complexity index is 1300. The third-order valence-electron chi connectivity index (χ3n) is 6.74. The molecule has 0 aromatic heterocycles. The van der Waals surface area contributed by atoms with Gasteiger partial charge in [-0.1, -0.05) is 36.4 Å². The molecule has 4 rings (SSSR count). The van der Waals surface area contributed by atoms with Crippen LogP contribution in [-0.2, 0) is 11.3 Å². The molecule has 3 aromatic carbocycles. The molecule has 8 nitrogen and oxygen atoms in total. The third-order valence-corrected chi connectivity index (χ3v) is 7.36. The minimum absolute atomic E-state index is 0.0425. The second-order valence-electron chi connectivity index (χ2n) is 9.82. The van der Waals surface area contributed by atoms with Crippen LogP contribution in [0, 0.1) is 10.5 Å². The summed E-state index contributed by atoms with van der Waals surface area (Å²) in [6, 6.07) is 19.6. The maximum atomic E-state index is 13.6. The number of amides is 2. The number of carbonyl (C=O) groups excluding carboxylic acids is 2. The Labute approximate surface area is 237 Å². The first-order valence-electron chi connectivity index (χ1n) is 12.9. The van der Waals surface area contributed by atoms with Gasteiger partial charge < -0.3 is 27.0 Å². The highest BCUT2D eigenvalue weighted by Gasteiger charge is 2.30. The largest absolute Gasteiger partial charge is 0.370 e. The normalized spacial score (nSPS) is 17.7. The number of hydrogen-bond acceptors (Lipinski definition) is 4. The van der Waals surface area contributed by atoms with E-state index >= 15 is 0 Å². The van der Waals surface area contributed by atoms with E-state index in [0.29, 0.717) is 44.6 Å². The topological polar surface area (TPSA) is 126 Å². The Morgan fingerprint density at radius 2 is 1.92 bits per heavy atom. The van der Waals surface area contributed by atoms with Crippen LogP contribution in [-0.4, -0.2) is 54.4 Å². The number of benzene rings is 3. The summed E-state index contributed by atoms with van der Waals surface area (Å²) >= 11 is 2.31. The molecule has 0 unspecified atom stereocenters. The van der Waals surface area contributed by atoms with Crippen molar-refractivity contribution in [1.82, 2.24) is 15.5 Å². The number of guanidine groups is 1. The molecule has 0 saturated carbocycles. The predicted octanol–water partition coefficient (Wildman–Crippen LogP) is 3.30. The van der Waals surface area contributed by atoms with E-state index in [2.05, 4.69) is 63.3 Å². The van der Waals surface area contributed by atoms with Crippen LogP contribution < -0.4 is 22.1 Å². The van der Waals surface area contributed by atoms with Gasteiger partial charge in [0, 0.05) is 41.4 Å². The van der Waals surface area contributed by atoms with Crippen molar-refractivity contribution in [2.75, 3.05) is 19.6 Å². The number of halogens is 1. The second-order valence-corrected chi connectivity index (χ2v) is 11.1. The lowest BCUT2D eigenvalue weighted by molar-refractivity contribution is -0.133. The number of aryl methyl sites for hydroxylation is 1. The fraction of sp³-hybridized carbons (Fsp3) is 0.345. The molecule has 2 atom stereocenters. The summed E-state index contributed by atoms with van der Waals surface area (Å²) in [7, 11) is 0. The molecular formula is C29H35IN6O2. The molecule has 200 valence electrons. The van der Waals surface area contributed by atoms with E-state index in [1.165, 1.54) is 5.56 Å². The number of nitrogens with one attached hydrogen (secondary N) is 2. The van der Waals surface area contributed by atoms with Crippen LogP contribution in [0.15, 0.2) is 65.7 Å². The molecule has 0 spiro atoms. The van der Waals surface area contributed by atoms with Gasteiger partial charge in [-0.2, -0.15) is 0 Å². The van der Waals surface area contributed by atoms with Gasteiger partial charge in [0.2, 0.25) is 5.91 Å². The number of aliphatic imine (C=N–C) groups is 1. The third kappa shape index (κ3) is 7.67. The van der Waals surface area contributed by atoms with E-state index in [4.69, 9.17) is 11.5 Å². The Balaban J connectivity index is 1.44. The summed E-state index contributed by atoms with van der Waals surface area (Å²) in [6.45, 7) is 4.13. The van der Waals surface area contributed by atoms with Gasteiger partial charge in [-0.05, 0) is 94.9 Å². The highest BCUT2D eigenvalue weighted by Crippen LogP contribution is 2.19. The van der Waals surface area contributed by atoms with Gasteiger partial charge in [0.05, 0.1) is 6.04 Å². The molecule has 1 heterocycles. The SMILES string of the molecule is Cc1cc(I)cc(CN2CC[C@@H](CNC(=O)c3ccc4ccccc4c3)N[C@@H](CCCN=C(N)N)C2=O)c1. The Morgan fingerprint density at radius 3 is 2.68 bits per heavy atom. The summed E-state index contributed by atoms with van der Waals surface area (Å²) in [6.07, 6.45) is 2.01. The fourth-order valence-electron chi connectivity index (χ4n) is 4.88. The number of nitrogens with two attached hydrogens (primary N) is 2. The van der Waals surface area contributed by atoms with Crippen molar-refractivity contribution in [3.63, 3.8) is 0 Å². The first kappa shape index (κ1) is 27.8.